The van der Waals surface area contributed by atoms with Crippen molar-refractivity contribution in [2.24, 2.45) is 0 Å². The molecule has 0 N–H and O–H groups in total. The Labute approximate surface area is 132 Å². The molecule has 1 amide bonds. The molecule has 0 bridgehead atoms. The fraction of sp³-hybridized carbons (Fsp3) is 0.733. The van der Waals surface area contributed by atoms with Crippen molar-refractivity contribution in [3.63, 3.8) is 0 Å². The van der Waals surface area contributed by atoms with Crippen molar-refractivity contribution in [2.45, 2.75) is 26.4 Å². The first kappa shape index (κ1) is 20.4. The minimum absolute atomic E-state index is 0.187. The van der Waals surface area contributed by atoms with Crippen molar-refractivity contribution < 1.29 is 28.5 Å². The normalized spacial score (nSPS) is 10.9. The molecule has 0 aromatic rings. The zero-order valence-corrected chi connectivity index (χ0v) is 13.9. The molecular formula is C15H27NO6. The quantitative estimate of drug-likeness (QED) is 0.346. The van der Waals surface area contributed by atoms with Crippen LogP contribution in [0.4, 0.5) is 4.79 Å². The molecule has 22 heavy (non-hydrogen) atoms. The predicted octanol–water partition coefficient (Wildman–Crippen LogP) is 1.62. The highest BCUT2D eigenvalue weighted by molar-refractivity contribution is 5.81. The molecule has 0 aliphatic carbocycles. The Kier molecular flexibility index (Phi) is 10.2. The molecule has 128 valence electrons. The Hall–Kier alpha value is -1.60. The number of carbonyl (C=O) groups excluding carboxylic acids is 2. The van der Waals surface area contributed by atoms with Gasteiger partial charge in [-0.25, -0.2) is 9.59 Å². The van der Waals surface area contributed by atoms with Crippen molar-refractivity contribution in [1.29, 1.82) is 0 Å². The number of amides is 1. The molecule has 0 fully saturated rings. The highest BCUT2D eigenvalue weighted by Gasteiger charge is 2.19. The second kappa shape index (κ2) is 11.0. The van der Waals surface area contributed by atoms with Gasteiger partial charge >= 0.3 is 12.1 Å². The molecule has 0 aliphatic heterocycles. The van der Waals surface area contributed by atoms with Gasteiger partial charge in [0, 0.05) is 19.7 Å². The highest BCUT2D eigenvalue weighted by Crippen LogP contribution is 2.08. The van der Waals surface area contributed by atoms with E-state index in [-0.39, 0.29) is 12.7 Å². The highest BCUT2D eigenvalue weighted by atomic mass is 16.6. The van der Waals surface area contributed by atoms with Crippen LogP contribution in [0.5, 0.6) is 0 Å². The minimum atomic E-state index is -0.505. The summed E-state index contributed by atoms with van der Waals surface area (Å²) in [6, 6.07) is 0. The number of hydrogen-bond acceptors (Lipinski definition) is 6. The van der Waals surface area contributed by atoms with Gasteiger partial charge in [0.2, 0.25) is 0 Å². The fourth-order valence-corrected chi connectivity index (χ4v) is 1.21. The second-order valence-corrected chi connectivity index (χ2v) is 5.50. The van der Waals surface area contributed by atoms with Crippen LogP contribution in [0.1, 0.15) is 20.8 Å². The van der Waals surface area contributed by atoms with E-state index < -0.39 is 11.6 Å². The molecule has 0 radical (unpaired) electrons. The molecule has 0 aromatic heterocycles. The standard InChI is InChI=1S/C15H27NO6/c1-6-13(17)21-12-11-20-10-9-19-8-7-16(5)14(18)22-15(2,3)4/h6H,1,7-12H2,2-5H3. The summed E-state index contributed by atoms with van der Waals surface area (Å²) in [5.41, 5.74) is -0.505. The molecule has 0 saturated heterocycles. The Morgan fingerprint density at radius 1 is 1.05 bits per heavy atom. The van der Waals surface area contributed by atoms with Crippen LogP contribution in [0.2, 0.25) is 0 Å². The van der Waals surface area contributed by atoms with E-state index in [2.05, 4.69) is 6.58 Å². The Morgan fingerprint density at radius 2 is 1.59 bits per heavy atom. The average Bonchev–Trinajstić information content (AvgIpc) is 2.42. The topological polar surface area (TPSA) is 74.3 Å². The molecule has 0 aromatic carbocycles. The van der Waals surface area contributed by atoms with Crippen molar-refractivity contribution in [3.05, 3.63) is 12.7 Å². The van der Waals surface area contributed by atoms with Gasteiger partial charge in [0.05, 0.1) is 26.4 Å². The Morgan fingerprint density at radius 3 is 2.14 bits per heavy atom. The molecule has 0 spiro atoms. The van der Waals surface area contributed by atoms with Crippen LogP contribution < -0.4 is 0 Å². The summed E-state index contributed by atoms with van der Waals surface area (Å²) in [5.74, 6) is -0.468. The van der Waals surface area contributed by atoms with Crippen LogP contribution in [0.15, 0.2) is 12.7 Å². The number of ether oxygens (including phenoxy) is 4. The minimum Gasteiger partial charge on any atom is -0.460 e. The van der Waals surface area contributed by atoms with E-state index in [1.807, 2.05) is 20.8 Å². The lowest BCUT2D eigenvalue weighted by molar-refractivity contribution is -0.139. The van der Waals surface area contributed by atoms with E-state index >= 15 is 0 Å². The maximum atomic E-state index is 11.7. The summed E-state index contributed by atoms with van der Waals surface area (Å²) in [6.07, 6.45) is 0.723. The third-order valence-electron chi connectivity index (χ3n) is 2.29. The average molecular weight is 317 g/mol. The van der Waals surface area contributed by atoms with Crippen molar-refractivity contribution in [2.75, 3.05) is 46.6 Å². The Bertz CT molecular complexity index is 350. The van der Waals surface area contributed by atoms with Gasteiger partial charge < -0.3 is 23.8 Å². The maximum Gasteiger partial charge on any atom is 0.410 e. The first-order chi connectivity index (χ1) is 10.3. The van der Waals surface area contributed by atoms with E-state index in [0.29, 0.717) is 33.0 Å². The molecule has 0 saturated carbocycles. The number of esters is 1. The summed E-state index contributed by atoms with van der Waals surface area (Å²) in [6.45, 7) is 10.9. The third-order valence-corrected chi connectivity index (χ3v) is 2.29. The zero-order chi connectivity index (χ0) is 17.0. The van der Waals surface area contributed by atoms with Gasteiger partial charge in [-0.1, -0.05) is 6.58 Å². The number of likely N-dealkylation sites (N-methyl/N-ethyl adjacent to an activating group) is 1. The summed E-state index contributed by atoms with van der Waals surface area (Å²) >= 11 is 0. The lowest BCUT2D eigenvalue weighted by Gasteiger charge is -2.24. The van der Waals surface area contributed by atoms with Gasteiger partial charge in [-0.3, -0.25) is 0 Å². The molecule has 7 heteroatoms. The number of nitrogens with zero attached hydrogens (tertiary/aromatic N) is 1. The zero-order valence-electron chi connectivity index (χ0n) is 13.9. The van der Waals surface area contributed by atoms with Gasteiger partial charge in [-0.15, -0.1) is 0 Å². The fourth-order valence-electron chi connectivity index (χ4n) is 1.21. The second-order valence-electron chi connectivity index (χ2n) is 5.50. The van der Waals surface area contributed by atoms with E-state index in [1.165, 1.54) is 4.90 Å². The number of hydrogen-bond donors (Lipinski definition) is 0. The van der Waals surface area contributed by atoms with Crippen molar-refractivity contribution in [1.82, 2.24) is 4.90 Å². The first-order valence-electron chi connectivity index (χ1n) is 7.15. The summed E-state index contributed by atoms with van der Waals surface area (Å²) < 4.78 is 20.5. The monoisotopic (exact) mass is 317 g/mol. The largest absolute Gasteiger partial charge is 0.460 e. The van der Waals surface area contributed by atoms with E-state index in [4.69, 9.17) is 18.9 Å². The smallest absolute Gasteiger partial charge is 0.410 e. The molecule has 7 nitrogen and oxygen atoms in total. The van der Waals surface area contributed by atoms with Gasteiger partial charge in [-0.2, -0.15) is 0 Å². The molecule has 0 aliphatic rings. The van der Waals surface area contributed by atoms with Crippen LogP contribution in [-0.4, -0.2) is 69.2 Å². The molecular weight excluding hydrogens is 290 g/mol. The molecule has 0 heterocycles. The van der Waals surface area contributed by atoms with Crippen LogP contribution in [0.25, 0.3) is 0 Å². The van der Waals surface area contributed by atoms with Crippen LogP contribution in [-0.2, 0) is 23.7 Å². The molecule has 0 unspecified atom stereocenters. The van der Waals surface area contributed by atoms with E-state index in [9.17, 15) is 9.59 Å². The first-order valence-corrected chi connectivity index (χ1v) is 7.15. The van der Waals surface area contributed by atoms with Gasteiger partial charge in [0.1, 0.15) is 12.2 Å². The third kappa shape index (κ3) is 12.2. The lowest BCUT2D eigenvalue weighted by Crippen LogP contribution is -2.36. The predicted molar refractivity (Wildman–Crippen MR) is 81.7 cm³/mol. The number of carbonyl (C=O) groups is 2. The maximum absolute atomic E-state index is 11.7. The summed E-state index contributed by atoms with van der Waals surface area (Å²) in [5, 5.41) is 0. The van der Waals surface area contributed by atoms with E-state index in [1.54, 1.807) is 7.05 Å². The molecule has 0 rings (SSSR count). The summed E-state index contributed by atoms with van der Waals surface area (Å²) in [7, 11) is 1.65. The van der Waals surface area contributed by atoms with Crippen LogP contribution in [0, 0.1) is 0 Å². The number of rotatable bonds is 10. The van der Waals surface area contributed by atoms with E-state index in [0.717, 1.165) is 6.08 Å². The van der Waals surface area contributed by atoms with Crippen LogP contribution >= 0.6 is 0 Å². The Balaban J connectivity index is 3.47. The van der Waals surface area contributed by atoms with Gasteiger partial charge in [0.15, 0.2) is 0 Å². The molecule has 0 atom stereocenters. The van der Waals surface area contributed by atoms with Crippen LogP contribution in [0.3, 0.4) is 0 Å². The van der Waals surface area contributed by atoms with Crippen molar-refractivity contribution >= 4 is 12.1 Å². The van der Waals surface area contributed by atoms with Gasteiger partial charge in [0.25, 0.3) is 0 Å². The summed E-state index contributed by atoms with van der Waals surface area (Å²) in [4.78, 5) is 23.8. The SMILES string of the molecule is C=CC(=O)OCCOCCOCCN(C)C(=O)OC(C)(C)C. The van der Waals surface area contributed by atoms with Gasteiger partial charge in [-0.05, 0) is 20.8 Å². The van der Waals surface area contributed by atoms with Crippen molar-refractivity contribution in [3.8, 4) is 0 Å². The lowest BCUT2D eigenvalue weighted by atomic mass is 10.2.